The van der Waals surface area contributed by atoms with Gasteiger partial charge in [-0.3, -0.25) is 0 Å². The number of carboxylic acid groups (broad SMARTS) is 1. The highest BCUT2D eigenvalue weighted by atomic mass is 79.9. The van der Waals surface area contributed by atoms with Crippen molar-refractivity contribution in [3.8, 4) is 5.75 Å². The number of benzene rings is 1. The molecule has 0 fully saturated rings. The van der Waals surface area contributed by atoms with Crippen LogP contribution in [-0.4, -0.2) is 21.2 Å². The lowest BCUT2D eigenvalue weighted by Crippen LogP contribution is -1.99. The van der Waals surface area contributed by atoms with Gasteiger partial charge >= 0.3 is 5.97 Å². The average molecular weight is 418 g/mol. The average Bonchev–Trinajstić information content (AvgIpc) is 2.81. The number of ether oxygens (including phenoxy) is 1. The lowest BCUT2D eigenvalue weighted by molar-refractivity contribution is -0.131. The highest BCUT2D eigenvalue weighted by Gasteiger charge is 2.10. The van der Waals surface area contributed by atoms with Gasteiger partial charge in [-0.15, -0.1) is 0 Å². The number of carboxylic acids is 1. The van der Waals surface area contributed by atoms with Crippen LogP contribution in [0.2, 0.25) is 0 Å². The number of halogens is 2. The second kappa shape index (κ2) is 6.86. The third-order valence-electron chi connectivity index (χ3n) is 2.35. The summed E-state index contributed by atoms with van der Waals surface area (Å²) in [6.45, 7) is 1.87. The molecule has 1 aromatic heterocycles. The summed E-state index contributed by atoms with van der Waals surface area (Å²) in [5, 5.41) is 12.4. The first kappa shape index (κ1) is 15.7. The number of nitrogens with zero attached hydrogens (tertiary/aromatic N) is 2. The number of rotatable bonds is 5. The summed E-state index contributed by atoms with van der Waals surface area (Å²) in [4.78, 5) is 14.6. The minimum absolute atomic E-state index is 0.166. The van der Waals surface area contributed by atoms with Crippen LogP contribution >= 0.6 is 31.9 Å². The Balaban J connectivity index is 2.15. The number of carbonyl (C=O) groups is 1. The number of hydrogen-bond acceptors (Lipinski definition) is 5. The van der Waals surface area contributed by atoms with Gasteiger partial charge < -0.3 is 14.4 Å². The first-order chi connectivity index (χ1) is 9.95. The van der Waals surface area contributed by atoms with E-state index in [4.69, 9.17) is 14.4 Å². The van der Waals surface area contributed by atoms with Crippen molar-refractivity contribution < 1.29 is 19.2 Å². The van der Waals surface area contributed by atoms with E-state index in [-0.39, 0.29) is 6.61 Å². The van der Waals surface area contributed by atoms with Crippen LogP contribution in [0.15, 0.2) is 31.7 Å². The first-order valence-electron chi connectivity index (χ1n) is 5.77. The predicted octanol–water partition coefficient (Wildman–Crippen LogP) is 3.58. The Morgan fingerprint density at radius 3 is 2.62 bits per heavy atom. The summed E-state index contributed by atoms with van der Waals surface area (Å²) in [6.07, 6.45) is 2.56. The van der Waals surface area contributed by atoms with Crippen molar-refractivity contribution in [3.05, 3.63) is 44.4 Å². The third-order valence-corrected chi connectivity index (χ3v) is 3.53. The highest BCUT2D eigenvalue weighted by Crippen LogP contribution is 2.35. The first-order valence-corrected chi connectivity index (χ1v) is 7.36. The molecule has 1 N–H and O–H groups in total. The van der Waals surface area contributed by atoms with Gasteiger partial charge in [0.05, 0.1) is 8.95 Å². The van der Waals surface area contributed by atoms with Gasteiger partial charge in [0.1, 0.15) is 5.75 Å². The highest BCUT2D eigenvalue weighted by molar-refractivity contribution is 9.11. The maximum Gasteiger partial charge on any atom is 0.328 e. The molecule has 0 aliphatic rings. The van der Waals surface area contributed by atoms with Gasteiger partial charge in [0.15, 0.2) is 6.61 Å². The topological polar surface area (TPSA) is 85.5 Å². The normalized spacial score (nSPS) is 11.0. The number of aliphatic carboxylic acids is 1. The second-order valence-corrected chi connectivity index (χ2v) is 5.71. The van der Waals surface area contributed by atoms with E-state index >= 15 is 0 Å². The zero-order chi connectivity index (χ0) is 15.4. The summed E-state index contributed by atoms with van der Waals surface area (Å²) in [5.41, 5.74) is 0.721. The molecule has 0 spiro atoms. The summed E-state index contributed by atoms with van der Waals surface area (Å²) in [7, 11) is 0. The Kier molecular flexibility index (Phi) is 5.13. The zero-order valence-electron chi connectivity index (χ0n) is 10.8. The van der Waals surface area contributed by atoms with Crippen LogP contribution in [0.5, 0.6) is 5.75 Å². The molecule has 1 heterocycles. The Labute approximate surface area is 137 Å². The van der Waals surface area contributed by atoms with Gasteiger partial charge in [0.25, 0.3) is 0 Å². The fraction of sp³-hybridized carbons (Fsp3) is 0.154. The molecule has 2 aromatic rings. The maximum absolute atomic E-state index is 10.5. The summed E-state index contributed by atoms with van der Waals surface area (Å²) >= 11 is 6.77. The summed E-state index contributed by atoms with van der Waals surface area (Å²) < 4.78 is 11.9. The maximum atomic E-state index is 10.5. The van der Waals surface area contributed by atoms with Crippen LogP contribution in [0.4, 0.5) is 0 Å². The molecular weight excluding hydrogens is 408 g/mol. The fourth-order valence-electron chi connectivity index (χ4n) is 1.52. The van der Waals surface area contributed by atoms with Crippen molar-refractivity contribution in [1.29, 1.82) is 0 Å². The number of hydrogen-bond donors (Lipinski definition) is 1. The summed E-state index contributed by atoms with van der Waals surface area (Å²) in [5.74, 6) is 0.488. The molecule has 0 unspecified atom stereocenters. The molecule has 2 rings (SSSR count). The Morgan fingerprint density at radius 2 is 2.10 bits per heavy atom. The van der Waals surface area contributed by atoms with Crippen LogP contribution in [0.25, 0.3) is 6.08 Å². The third kappa shape index (κ3) is 4.40. The van der Waals surface area contributed by atoms with Crippen molar-refractivity contribution in [2.24, 2.45) is 0 Å². The minimum atomic E-state index is -1.00. The van der Waals surface area contributed by atoms with Crippen molar-refractivity contribution in [2.75, 3.05) is 0 Å². The van der Waals surface area contributed by atoms with Crippen molar-refractivity contribution in [2.45, 2.75) is 13.5 Å². The predicted molar refractivity (Wildman–Crippen MR) is 81.9 cm³/mol. The van der Waals surface area contributed by atoms with E-state index in [0.29, 0.717) is 26.4 Å². The molecule has 0 amide bonds. The molecule has 0 radical (unpaired) electrons. The molecule has 0 atom stereocenters. The quantitative estimate of drug-likeness (QED) is 0.748. The number of aromatic nitrogens is 2. The second-order valence-electron chi connectivity index (χ2n) is 4.00. The molecule has 0 bridgehead atoms. The molecule has 0 saturated carbocycles. The Hall–Kier alpha value is -1.67. The molecule has 21 heavy (non-hydrogen) atoms. The monoisotopic (exact) mass is 416 g/mol. The van der Waals surface area contributed by atoms with Crippen molar-refractivity contribution in [3.63, 3.8) is 0 Å². The fourth-order valence-corrected chi connectivity index (χ4v) is 2.97. The van der Waals surface area contributed by atoms with E-state index in [0.717, 1.165) is 11.6 Å². The molecule has 1 aromatic carbocycles. The summed E-state index contributed by atoms with van der Waals surface area (Å²) in [6, 6.07) is 3.50. The SMILES string of the molecule is Cc1nc(COc2c(Br)cc(/C=C/C(=O)O)cc2Br)no1. The van der Waals surface area contributed by atoms with E-state index in [9.17, 15) is 4.79 Å². The molecule has 0 aliphatic carbocycles. The van der Waals surface area contributed by atoms with Crippen molar-refractivity contribution in [1.82, 2.24) is 10.1 Å². The van der Waals surface area contributed by atoms with E-state index in [1.807, 2.05) is 0 Å². The van der Waals surface area contributed by atoms with E-state index < -0.39 is 5.97 Å². The largest absolute Gasteiger partial charge is 0.483 e. The molecular formula is C13H10Br2N2O4. The van der Waals surface area contributed by atoms with Crippen LogP contribution in [0.3, 0.4) is 0 Å². The lowest BCUT2D eigenvalue weighted by Gasteiger charge is -2.09. The Bertz CT molecular complexity index is 674. The number of aryl methyl sites for hydroxylation is 1. The standard InChI is InChI=1S/C13H10Br2N2O4/c1-7-16-11(17-21-7)6-20-13-9(14)4-8(5-10(13)15)2-3-12(18)19/h2-5H,6H2,1H3,(H,18,19)/b3-2+. The van der Waals surface area contributed by atoms with Gasteiger partial charge in [0.2, 0.25) is 11.7 Å². The lowest BCUT2D eigenvalue weighted by atomic mass is 10.2. The van der Waals surface area contributed by atoms with Crippen LogP contribution in [0.1, 0.15) is 17.3 Å². The molecule has 0 aliphatic heterocycles. The molecule has 6 nitrogen and oxygen atoms in total. The Morgan fingerprint density at radius 1 is 1.43 bits per heavy atom. The van der Waals surface area contributed by atoms with Crippen LogP contribution in [-0.2, 0) is 11.4 Å². The smallest absolute Gasteiger partial charge is 0.328 e. The molecule has 110 valence electrons. The van der Waals surface area contributed by atoms with E-state index in [1.165, 1.54) is 6.08 Å². The zero-order valence-corrected chi connectivity index (χ0v) is 14.0. The molecule has 0 saturated heterocycles. The van der Waals surface area contributed by atoms with E-state index in [1.54, 1.807) is 19.1 Å². The van der Waals surface area contributed by atoms with Crippen LogP contribution < -0.4 is 4.74 Å². The van der Waals surface area contributed by atoms with Gasteiger partial charge in [-0.25, -0.2) is 4.79 Å². The van der Waals surface area contributed by atoms with E-state index in [2.05, 4.69) is 42.0 Å². The van der Waals surface area contributed by atoms with Crippen LogP contribution in [0, 0.1) is 6.92 Å². The van der Waals surface area contributed by atoms with Gasteiger partial charge in [-0.1, -0.05) is 5.16 Å². The van der Waals surface area contributed by atoms with Gasteiger partial charge in [-0.05, 0) is 55.6 Å². The van der Waals surface area contributed by atoms with Gasteiger partial charge in [0, 0.05) is 13.0 Å². The van der Waals surface area contributed by atoms with Gasteiger partial charge in [-0.2, -0.15) is 4.98 Å². The molecule has 8 heteroatoms. The minimum Gasteiger partial charge on any atom is -0.483 e. The van der Waals surface area contributed by atoms with Crippen molar-refractivity contribution >= 4 is 43.9 Å².